The molecule has 0 heterocycles. The summed E-state index contributed by atoms with van der Waals surface area (Å²) in [4.78, 5) is 10.8. The first-order chi connectivity index (χ1) is 9.11. The summed E-state index contributed by atoms with van der Waals surface area (Å²) in [5.74, 6) is -0.445. The minimum absolute atomic E-state index is 0.342. The molecule has 0 aliphatic carbocycles. The molecular formula is C16H31NO2. The Kier molecular flexibility index (Phi) is 11.7. The Labute approximate surface area is 118 Å². The fourth-order valence-corrected chi connectivity index (χ4v) is 2.27. The van der Waals surface area contributed by atoms with Gasteiger partial charge in [0.2, 0.25) is 0 Å². The number of unbranched alkanes of at least 4 members (excludes halogenated alkanes) is 5. The molecule has 3 heteroatoms. The fraction of sp³-hybridized carbons (Fsp3) is 0.812. The predicted molar refractivity (Wildman–Crippen MR) is 81.4 cm³/mol. The highest BCUT2D eigenvalue weighted by Crippen LogP contribution is 2.18. The standard InChI is InChI=1S/C16H31NO2/c1-4-6-7-8-9-10-11-15(13-17-5-2)12-14(3)16(18)19/h15,17H,3-13H2,1-2H3,(H,18,19). The third kappa shape index (κ3) is 10.8. The summed E-state index contributed by atoms with van der Waals surface area (Å²) in [6.07, 6.45) is 9.42. The minimum atomic E-state index is -0.857. The molecule has 0 saturated carbocycles. The van der Waals surface area contributed by atoms with E-state index in [-0.39, 0.29) is 0 Å². The zero-order chi connectivity index (χ0) is 14.5. The normalized spacial score (nSPS) is 12.3. The van der Waals surface area contributed by atoms with Crippen LogP contribution in [-0.4, -0.2) is 24.2 Å². The predicted octanol–water partition coefficient (Wildman–Crippen LogP) is 3.99. The van der Waals surface area contributed by atoms with E-state index in [1.807, 2.05) is 0 Å². The van der Waals surface area contributed by atoms with E-state index in [1.54, 1.807) is 0 Å². The van der Waals surface area contributed by atoms with E-state index in [4.69, 9.17) is 5.11 Å². The Hall–Kier alpha value is -0.830. The molecule has 0 spiro atoms. The molecule has 0 aromatic rings. The summed E-state index contributed by atoms with van der Waals surface area (Å²) >= 11 is 0. The van der Waals surface area contributed by atoms with Crippen LogP contribution in [0.1, 0.15) is 65.2 Å². The lowest BCUT2D eigenvalue weighted by molar-refractivity contribution is -0.132. The van der Waals surface area contributed by atoms with Crippen molar-refractivity contribution in [2.24, 2.45) is 5.92 Å². The van der Waals surface area contributed by atoms with Gasteiger partial charge in [-0.05, 0) is 31.8 Å². The molecule has 0 aromatic carbocycles. The van der Waals surface area contributed by atoms with Crippen molar-refractivity contribution in [1.29, 1.82) is 0 Å². The number of hydrogen-bond acceptors (Lipinski definition) is 2. The van der Waals surface area contributed by atoms with Gasteiger partial charge >= 0.3 is 5.97 Å². The highest BCUT2D eigenvalue weighted by atomic mass is 16.4. The third-order valence-corrected chi connectivity index (χ3v) is 3.49. The number of rotatable bonds is 13. The van der Waals surface area contributed by atoms with Crippen molar-refractivity contribution >= 4 is 5.97 Å². The van der Waals surface area contributed by atoms with E-state index < -0.39 is 5.97 Å². The summed E-state index contributed by atoms with van der Waals surface area (Å²) < 4.78 is 0. The van der Waals surface area contributed by atoms with Gasteiger partial charge in [0.25, 0.3) is 0 Å². The van der Waals surface area contributed by atoms with Crippen LogP contribution in [0.15, 0.2) is 12.2 Å². The molecular weight excluding hydrogens is 238 g/mol. The van der Waals surface area contributed by atoms with E-state index >= 15 is 0 Å². The molecule has 112 valence electrons. The molecule has 0 aliphatic rings. The quantitative estimate of drug-likeness (QED) is 0.392. The molecule has 19 heavy (non-hydrogen) atoms. The lowest BCUT2D eigenvalue weighted by atomic mass is 9.93. The van der Waals surface area contributed by atoms with E-state index in [2.05, 4.69) is 25.7 Å². The maximum atomic E-state index is 10.8. The van der Waals surface area contributed by atoms with Crippen molar-refractivity contribution in [2.75, 3.05) is 13.1 Å². The van der Waals surface area contributed by atoms with Crippen molar-refractivity contribution in [2.45, 2.75) is 65.2 Å². The Morgan fingerprint density at radius 2 is 1.79 bits per heavy atom. The summed E-state index contributed by atoms with van der Waals surface area (Å²) in [6.45, 7) is 9.78. The van der Waals surface area contributed by atoms with Gasteiger partial charge in [0.1, 0.15) is 0 Å². The molecule has 0 saturated heterocycles. The van der Waals surface area contributed by atoms with Gasteiger partial charge in [-0.2, -0.15) is 0 Å². The van der Waals surface area contributed by atoms with Gasteiger partial charge < -0.3 is 10.4 Å². The van der Waals surface area contributed by atoms with Crippen LogP contribution >= 0.6 is 0 Å². The van der Waals surface area contributed by atoms with Crippen molar-refractivity contribution in [3.8, 4) is 0 Å². The van der Waals surface area contributed by atoms with Crippen LogP contribution in [0.2, 0.25) is 0 Å². The van der Waals surface area contributed by atoms with Crippen LogP contribution < -0.4 is 5.32 Å². The Morgan fingerprint density at radius 3 is 2.37 bits per heavy atom. The second kappa shape index (κ2) is 12.2. The molecule has 1 unspecified atom stereocenters. The van der Waals surface area contributed by atoms with Crippen molar-refractivity contribution in [3.63, 3.8) is 0 Å². The van der Waals surface area contributed by atoms with E-state index in [1.165, 1.54) is 38.5 Å². The van der Waals surface area contributed by atoms with Gasteiger partial charge in [-0.3, -0.25) is 0 Å². The van der Waals surface area contributed by atoms with Crippen molar-refractivity contribution in [3.05, 3.63) is 12.2 Å². The van der Waals surface area contributed by atoms with E-state index in [0.717, 1.165) is 19.5 Å². The Morgan fingerprint density at radius 1 is 1.16 bits per heavy atom. The largest absolute Gasteiger partial charge is 0.478 e. The fourth-order valence-electron chi connectivity index (χ4n) is 2.27. The van der Waals surface area contributed by atoms with Crippen LogP contribution in [0.25, 0.3) is 0 Å². The van der Waals surface area contributed by atoms with Crippen LogP contribution in [0.5, 0.6) is 0 Å². The third-order valence-electron chi connectivity index (χ3n) is 3.49. The molecule has 0 bridgehead atoms. The number of nitrogens with one attached hydrogen (secondary N) is 1. The molecule has 0 aromatic heterocycles. The maximum Gasteiger partial charge on any atom is 0.330 e. The van der Waals surface area contributed by atoms with E-state index in [9.17, 15) is 4.79 Å². The zero-order valence-corrected chi connectivity index (χ0v) is 12.7. The van der Waals surface area contributed by atoms with Gasteiger partial charge in [-0.25, -0.2) is 4.79 Å². The molecule has 2 N–H and O–H groups in total. The van der Waals surface area contributed by atoms with Gasteiger partial charge in [-0.15, -0.1) is 0 Å². The number of hydrogen-bond donors (Lipinski definition) is 2. The highest BCUT2D eigenvalue weighted by Gasteiger charge is 2.13. The summed E-state index contributed by atoms with van der Waals surface area (Å²) in [7, 11) is 0. The molecule has 1 atom stereocenters. The summed E-state index contributed by atoms with van der Waals surface area (Å²) in [5, 5.41) is 12.2. The second-order valence-corrected chi connectivity index (χ2v) is 5.34. The number of carboxylic acids is 1. The average Bonchev–Trinajstić information content (AvgIpc) is 2.39. The van der Waals surface area contributed by atoms with Crippen molar-refractivity contribution < 1.29 is 9.90 Å². The first-order valence-electron chi connectivity index (χ1n) is 7.73. The van der Waals surface area contributed by atoms with Gasteiger partial charge in [0.05, 0.1) is 0 Å². The Bertz CT molecular complexity index is 251. The molecule has 0 rings (SSSR count). The molecule has 0 radical (unpaired) electrons. The lowest BCUT2D eigenvalue weighted by Gasteiger charge is -2.17. The lowest BCUT2D eigenvalue weighted by Crippen LogP contribution is -2.23. The minimum Gasteiger partial charge on any atom is -0.478 e. The topological polar surface area (TPSA) is 49.3 Å². The molecule has 0 amide bonds. The number of carbonyl (C=O) groups is 1. The molecule has 3 nitrogen and oxygen atoms in total. The van der Waals surface area contributed by atoms with Gasteiger partial charge in [-0.1, -0.05) is 59.0 Å². The van der Waals surface area contributed by atoms with Gasteiger partial charge in [0, 0.05) is 5.57 Å². The zero-order valence-electron chi connectivity index (χ0n) is 12.7. The first-order valence-corrected chi connectivity index (χ1v) is 7.73. The molecule has 0 fully saturated rings. The van der Waals surface area contributed by atoms with Crippen LogP contribution in [0, 0.1) is 5.92 Å². The van der Waals surface area contributed by atoms with Crippen LogP contribution in [0.3, 0.4) is 0 Å². The van der Waals surface area contributed by atoms with E-state index in [0.29, 0.717) is 17.9 Å². The number of carboxylic acid groups (broad SMARTS) is 1. The van der Waals surface area contributed by atoms with Gasteiger partial charge in [0.15, 0.2) is 0 Å². The molecule has 0 aliphatic heterocycles. The smallest absolute Gasteiger partial charge is 0.330 e. The first kappa shape index (κ1) is 18.2. The van der Waals surface area contributed by atoms with Crippen LogP contribution in [0.4, 0.5) is 0 Å². The monoisotopic (exact) mass is 269 g/mol. The summed E-state index contributed by atoms with van der Waals surface area (Å²) in [5.41, 5.74) is 0.342. The van der Waals surface area contributed by atoms with Crippen LogP contribution in [-0.2, 0) is 4.79 Å². The van der Waals surface area contributed by atoms with Crippen molar-refractivity contribution in [1.82, 2.24) is 5.32 Å². The SMILES string of the molecule is C=C(CC(CCCCCCCC)CNCC)C(=O)O. The second-order valence-electron chi connectivity index (χ2n) is 5.34. The maximum absolute atomic E-state index is 10.8. The Balaban J connectivity index is 3.85. The average molecular weight is 269 g/mol. The number of aliphatic carboxylic acids is 1. The summed E-state index contributed by atoms with van der Waals surface area (Å²) in [6, 6.07) is 0. The highest BCUT2D eigenvalue weighted by molar-refractivity contribution is 5.85.